The normalized spacial score (nSPS) is 12.9. The number of methoxy groups -OCH3 is 1. The first-order chi connectivity index (χ1) is 7.52. The summed E-state index contributed by atoms with van der Waals surface area (Å²) in [6.07, 6.45) is 0.852. The monoisotopic (exact) mass is 222 g/mol. The first-order valence-electron chi connectivity index (χ1n) is 5.59. The summed E-state index contributed by atoms with van der Waals surface area (Å²) in [4.78, 5) is 2.15. The van der Waals surface area contributed by atoms with Crippen LogP contribution in [-0.2, 0) is 13.0 Å². The minimum atomic E-state index is 0.156. The third kappa shape index (κ3) is 3.83. The van der Waals surface area contributed by atoms with Gasteiger partial charge in [0.2, 0.25) is 0 Å². The average molecular weight is 222 g/mol. The van der Waals surface area contributed by atoms with Crippen LogP contribution < -0.4 is 10.5 Å². The quantitative estimate of drug-likeness (QED) is 0.823. The van der Waals surface area contributed by atoms with E-state index >= 15 is 0 Å². The summed E-state index contributed by atoms with van der Waals surface area (Å²) < 4.78 is 5.34. The van der Waals surface area contributed by atoms with Crippen molar-refractivity contribution in [2.45, 2.75) is 25.9 Å². The Labute approximate surface area is 98.2 Å². The van der Waals surface area contributed by atoms with Gasteiger partial charge < -0.3 is 15.4 Å². The topological polar surface area (TPSA) is 38.5 Å². The van der Waals surface area contributed by atoms with Crippen molar-refractivity contribution in [2.24, 2.45) is 5.73 Å². The Balaban J connectivity index is 2.91. The van der Waals surface area contributed by atoms with E-state index in [9.17, 15) is 0 Å². The van der Waals surface area contributed by atoms with Crippen LogP contribution in [0.3, 0.4) is 0 Å². The minimum absolute atomic E-state index is 0.156. The van der Waals surface area contributed by atoms with Crippen LogP contribution in [-0.4, -0.2) is 32.1 Å². The highest BCUT2D eigenvalue weighted by molar-refractivity contribution is 5.37. The molecule has 0 aromatic heterocycles. The molecule has 0 fully saturated rings. The van der Waals surface area contributed by atoms with Crippen LogP contribution in [0, 0.1) is 0 Å². The van der Waals surface area contributed by atoms with E-state index < -0.39 is 0 Å². The second-order valence-electron chi connectivity index (χ2n) is 4.57. The Bertz CT molecular complexity index is 335. The van der Waals surface area contributed by atoms with E-state index in [0.29, 0.717) is 0 Å². The molecule has 1 rings (SSSR count). The van der Waals surface area contributed by atoms with Gasteiger partial charge in [-0.25, -0.2) is 0 Å². The molecule has 0 bridgehead atoms. The molecule has 1 aromatic rings. The van der Waals surface area contributed by atoms with Crippen molar-refractivity contribution in [1.29, 1.82) is 0 Å². The van der Waals surface area contributed by atoms with Gasteiger partial charge in [-0.15, -0.1) is 0 Å². The first-order valence-corrected chi connectivity index (χ1v) is 5.59. The molecule has 0 saturated heterocycles. The lowest BCUT2D eigenvalue weighted by molar-refractivity contribution is 0.397. The lowest BCUT2D eigenvalue weighted by atomic mass is 10.0. The molecule has 0 spiro atoms. The van der Waals surface area contributed by atoms with Crippen molar-refractivity contribution in [3.05, 3.63) is 29.3 Å². The SMILES string of the molecule is COc1ccc(CN(C)C)cc1CC(C)N. The standard InChI is InChI=1S/C13H22N2O/c1-10(14)7-12-8-11(9-15(2)3)5-6-13(12)16-4/h5-6,8,10H,7,9,14H2,1-4H3. The molecule has 3 nitrogen and oxygen atoms in total. The largest absolute Gasteiger partial charge is 0.496 e. The van der Waals surface area contributed by atoms with Crippen LogP contribution in [0.5, 0.6) is 5.75 Å². The smallest absolute Gasteiger partial charge is 0.122 e. The van der Waals surface area contributed by atoms with Gasteiger partial charge in [0, 0.05) is 12.6 Å². The van der Waals surface area contributed by atoms with E-state index in [1.165, 1.54) is 11.1 Å². The van der Waals surface area contributed by atoms with Gasteiger partial charge >= 0.3 is 0 Å². The number of nitrogens with two attached hydrogens (primary N) is 1. The van der Waals surface area contributed by atoms with Crippen LogP contribution in [0.1, 0.15) is 18.1 Å². The fourth-order valence-electron chi connectivity index (χ4n) is 1.80. The molecule has 0 aliphatic heterocycles. The van der Waals surface area contributed by atoms with E-state index in [2.05, 4.69) is 31.1 Å². The van der Waals surface area contributed by atoms with Gasteiger partial charge in [0.1, 0.15) is 5.75 Å². The Morgan fingerprint density at radius 2 is 2.06 bits per heavy atom. The zero-order valence-corrected chi connectivity index (χ0v) is 10.7. The van der Waals surface area contributed by atoms with E-state index in [0.717, 1.165) is 18.7 Å². The van der Waals surface area contributed by atoms with Crippen molar-refractivity contribution >= 4 is 0 Å². The molecular formula is C13H22N2O. The number of nitrogens with zero attached hydrogens (tertiary/aromatic N) is 1. The van der Waals surface area contributed by atoms with Gasteiger partial charge in [-0.1, -0.05) is 12.1 Å². The van der Waals surface area contributed by atoms with Gasteiger partial charge in [0.15, 0.2) is 0 Å². The van der Waals surface area contributed by atoms with E-state index in [1.807, 2.05) is 13.0 Å². The fraction of sp³-hybridized carbons (Fsp3) is 0.538. The van der Waals surface area contributed by atoms with Crippen molar-refractivity contribution in [3.63, 3.8) is 0 Å². The van der Waals surface area contributed by atoms with Crippen LogP contribution in [0.2, 0.25) is 0 Å². The van der Waals surface area contributed by atoms with Crippen LogP contribution in [0.4, 0.5) is 0 Å². The van der Waals surface area contributed by atoms with Crippen molar-refractivity contribution < 1.29 is 4.74 Å². The Morgan fingerprint density at radius 3 is 2.56 bits per heavy atom. The fourth-order valence-corrected chi connectivity index (χ4v) is 1.80. The Hall–Kier alpha value is -1.06. The van der Waals surface area contributed by atoms with E-state index in [-0.39, 0.29) is 6.04 Å². The molecule has 2 N–H and O–H groups in total. The first kappa shape index (κ1) is 13.0. The zero-order chi connectivity index (χ0) is 12.1. The third-order valence-corrected chi connectivity index (χ3v) is 2.39. The summed E-state index contributed by atoms with van der Waals surface area (Å²) in [5, 5.41) is 0. The van der Waals surface area contributed by atoms with Gasteiger partial charge in [0.25, 0.3) is 0 Å². The second kappa shape index (κ2) is 5.87. The molecule has 0 heterocycles. The highest BCUT2D eigenvalue weighted by Crippen LogP contribution is 2.21. The molecule has 0 radical (unpaired) electrons. The highest BCUT2D eigenvalue weighted by atomic mass is 16.5. The summed E-state index contributed by atoms with van der Waals surface area (Å²) in [5.74, 6) is 0.930. The summed E-state index contributed by atoms with van der Waals surface area (Å²) in [5.41, 5.74) is 8.32. The maximum atomic E-state index is 5.83. The van der Waals surface area contributed by atoms with E-state index in [4.69, 9.17) is 10.5 Å². The maximum Gasteiger partial charge on any atom is 0.122 e. The average Bonchev–Trinajstić information content (AvgIpc) is 2.16. The molecule has 1 unspecified atom stereocenters. The number of ether oxygens (including phenoxy) is 1. The van der Waals surface area contributed by atoms with Gasteiger partial charge in [-0.2, -0.15) is 0 Å². The van der Waals surface area contributed by atoms with Gasteiger partial charge in [-0.3, -0.25) is 0 Å². The summed E-state index contributed by atoms with van der Waals surface area (Å²) in [6, 6.07) is 6.46. The second-order valence-corrected chi connectivity index (χ2v) is 4.57. The Morgan fingerprint density at radius 1 is 1.38 bits per heavy atom. The van der Waals surface area contributed by atoms with Crippen LogP contribution in [0.25, 0.3) is 0 Å². The highest BCUT2D eigenvalue weighted by Gasteiger charge is 2.07. The van der Waals surface area contributed by atoms with Crippen molar-refractivity contribution in [3.8, 4) is 5.75 Å². The Kier molecular flexibility index (Phi) is 4.77. The minimum Gasteiger partial charge on any atom is -0.496 e. The molecule has 0 saturated carbocycles. The number of hydrogen-bond donors (Lipinski definition) is 1. The van der Waals surface area contributed by atoms with Crippen molar-refractivity contribution in [1.82, 2.24) is 4.90 Å². The van der Waals surface area contributed by atoms with Gasteiger partial charge in [0.05, 0.1) is 7.11 Å². The molecule has 1 atom stereocenters. The molecule has 3 heteroatoms. The predicted octanol–water partition coefficient (Wildman–Crippen LogP) is 1.65. The van der Waals surface area contributed by atoms with Crippen LogP contribution >= 0.6 is 0 Å². The molecule has 1 aromatic carbocycles. The number of benzene rings is 1. The number of hydrogen-bond acceptors (Lipinski definition) is 3. The lowest BCUT2D eigenvalue weighted by Crippen LogP contribution is -2.18. The lowest BCUT2D eigenvalue weighted by Gasteiger charge is -2.15. The van der Waals surface area contributed by atoms with Gasteiger partial charge in [-0.05, 0) is 44.6 Å². The summed E-state index contributed by atoms with van der Waals surface area (Å²) >= 11 is 0. The number of rotatable bonds is 5. The molecule has 0 amide bonds. The molecule has 0 aliphatic rings. The summed E-state index contributed by atoms with van der Waals surface area (Å²) in [7, 11) is 5.83. The van der Waals surface area contributed by atoms with E-state index in [1.54, 1.807) is 7.11 Å². The van der Waals surface area contributed by atoms with Crippen molar-refractivity contribution in [2.75, 3.05) is 21.2 Å². The zero-order valence-electron chi connectivity index (χ0n) is 10.7. The molecule has 90 valence electrons. The van der Waals surface area contributed by atoms with Crippen LogP contribution in [0.15, 0.2) is 18.2 Å². The molecule has 0 aliphatic carbocycles. The maximum absolute atomic E-state index is 5.83. The summed E-state index contributed by atoms with van der Waals surface area (Å²) in [6.45, 7) is 2.95. The third-order valence-electron chi connectivity index (χ3n) is 2.39. The molecular weight excluding hydrogens is 200 g/mol. The predicted molar refractivity (Wildman–Crippen MR) is 67.7 cm³/mol. The molecule has 16 heavy (non-hydrogen) atoms.